The van der Waals surface area contributed by atoms with Crippen LogP contribution in [0.25, 0.3) is 0 Å². The predicted octanol–water partition coefficient (Wildman–Crippen LogP) is 3.53. The number of ether oxygens (including phenoxy) is 1. The van der Waals surface area contributed by atoms with Gasteiger partial charge in [-0.2, -0.15) is 5.26 Å². The molecule has 0 aliphatic rings. The standard InChI is InChI=1S/C17H12ClFN2O3/c1-10(16(22)21-13-4-2-3-11(7-13)9-20)24-17(23)14-8-12(18)5-6-15(14)19/h2-8,10H,1H3,(H,21,22). The van der Waals surface area contributed by atoms with Crippen LogP contribution in [0.15, 0.2) is 42.5 Å². The fraction of sp³-hybridized carbons (Fsp3) is 0.118. The molecule has 1 atom stereocenters. The molecule has 0 spiro atoms. The molecule has 122 valence electrons. The summed E-state index contributed by atoms with van der Waals surface area (Å²) in [5.41, 5.74) is 0.406. The number of nitriles is 1. The van der Waals surface area contributed by atoms with Crippen molar-refractivity contribution in [3.8, 4) is 6.07 Å². The molecule has 0 fully saturated rings. The molecule has 0 saturated heterocycles. The third kappa shape index (κ3) is 4.31. The van der Waals surface area contributed by atoms with Crippen molar-refractivity contribution in [3.05, 3.63) is 64.4 Å². The monoisotopic (exact) mass is 346 g/mol. The van der Waals surface area contributed by atoms with Gasteiger partial charge in [0.15, 0.2) is 6.10 Å². The molecular weight excluding hydrogens is 335 g/mol. The average molecular weight is 347 g/mol. The largest absolute Gasteiger partial charge is 0.449 e. The average Bonchev–Trinajstić information content (AvgIpc) is 2.57. The number of nitrogens with zero attached hydrogens (tertiary/aromatic N) is 1. The van der Waals surface area contributed by atoms with E-state index in [-0.39, 0.29) is 10.6 Å². The van der Waals surface area contributed by atoms with Gasteiger partial charge in [-0.15, -0.1) is 0 Å². The summed E-state index contributed by atoms with van der Waals surface area (Å²) in [5.74, 6) is -2.40. The number of halogens is 2. The first-order chi connectivity index (χ1) is 11.4. The van der Waals surface area contributed by atoms with Crippen LogP contribution in [0.2, 0.25) is 5.02 Å². The zero-order chi connectivity index (χ0) is 17.7. The van der Waals surface area contributed by atoms with Gasteiger partial charge in [0.2, 0.25) is 0 Å². The van der Waals surface area contributed by atoms with Gasteiger partial charge in [-0.25, -0.2) is 9.18 Å². The number of carbonyl (C=O) groups is 2. The van der Waals surface area contributed by atoms with E-state index in [1.165, 1.54) is 19.1 Å². The molecule has 5 nitrogen and oxygen atoms in total. The van der Waals surface area contributed by atoms with Crippen molar-refractivity contribution >= 4 is 29.2 Å². The van der Waals surface area contributed by atoms with Crippen LogP contribution in [0.5, 0.6) is 0 Å². The van der Waals surface area contributed by atoms with Crippen LogP contribution in [0.3, 0.4) is 0 Å². The first-order valence-corrected chi connectivity index (χ1v) is 7.25. The Morgan fingerprint density at radius 1 is 1.29 bits per heavy atom. The third-order valence-electron chi connectivity index (χ3n) is 3.06. The summed E-state index contributed by atoms with van der Waals surface area (Å²) in [6.45, 7) is 1.35. The molecule has 7 heteroatoms. The van der Waals surface area contributed by atoms with E-state index >= 15 is 0 Å². The second-order valence-electron chi connectivity index (χ2n) is 4.85. The predicted molar refractivity (Wildman–Crippen MR) is 86.1 cm³/mol. The molecule has 0 saturated carbocycles. The molecule has 0 radical (unpaired) electrons. The fourth-order valence-corrected chi connectivity index (χ4v) is 2.01. The number of hydrogen-bond acceptors (Lipinski definition) is 4. The van der Waals surface area contributed by atoms with Crippen molar-refractivity contribution in [1.82, 2.24) is 0 Å². The Labute approximate surface area is 142 Å². The maximum atomic E-state index is 13.6. The van der Waals surface area contributed by atoms with Crippen LogP contribution >= 0.6 is 11.6 Å². The molecule has 2 aromatic carbocycles. The van der Waals surface area contributed by atoms with Gasteiger partial charge in [0, 0.05) is 10.7 Å². The van der Waals surface area contributed by atoms with Crippen LogP contribution in [-0.2, 0) is 9.53 Å². The highest BCUT2D eigenvalue weighted by Crippen LogP contribution is 2.17. The first kappa shape index (κ1) is 17.4. The minimum absolute atomic E-state index is 0.175. The smallest absolute Gasteiger partial charge is 0.341 e. The Morgan fingerprint density at radius 3 is 2.75 bits per heavy atom. The maximum absolute atomic E-state index is 13.6. The summed E-state index contributed by atoms with van der Waals surface area (Å²) in [6, 6.07) is 11.7. The second kappa shape index (κ2) is 7.57. The lowest BCUT2D eigenvalue weighted by atomic mass is 10.2. The summed E-state index contributed by atoms with van der Waals surface area (Å²) in [7, 11) is 0. The lowest BCUT2D eigenvalue weighted by molar-refractivity contribution is -0.123. The van der Waals surface area contributed by atoms with E-state index in [0.29, 0.717) is 11.3 Å². The van der Waals surface area contributed by atoms with Crippen molar-refractivity contribution in [2.75, 3.05) is 5.32 Å². The molecule has 0 aromatic heterocycles. The maximum Gasteiger partial charge on any atom is 0.341 e. The van der Waals surface area contributed by atoms with Crippen LogP contribution in [-0.4, -0.2) is 18.0 Å². The van der Waals surface area contributed by atoms with Crippen LogP contribution in [0, 0.1) is 17.1 Å². The normalized spacial score (nSPS) is 11.2. The van der Waals surface area contributed by atoms with Gasteiger partial charge in [-0.1, -0.05) is 17.7 Å². The molecule has 24 heavy (non-hydrogen) atoms. The summed E-state index contributed by atoms with van der Waals surface area (Å²) >= 11 is 5.72. The van der Waals surface area contributed by atoms with Gasteiger partial charge >= 0.3 is 5.97 Å². The summed E-state index contributed by atoms with van der Waals surface area (Å²) in [4.78, 5) is 24.0. The zero-order valence-corrected chi connectivity index (χ0v) is 13.3. The number of benzene rings is 2. The Hall–Kier alpha value is -2.91. The Kier molecular flexibility index (Phi) is 5.51. The number of rotatable bonds is 4. The van der Waals surface area contributed by atoms with Crippen molar-refractivity contribution in [2.24, 2.45) is 0 Å². The number of anilines is 1. The molecule has 2 rings (SSSR count). The van der Waals surface area contributed by atoms with E-state index in [2.05, 4.69) is 5.32 Å². The van der Waals surface area contributed by atoms with Crippen LogP contribution in [0.1, 0.15) is 22.8 Å². The molecule has 0 bridgehead atoms. The van der Waals surface area contributed by atoms with Gasteiger partial charge < -0.3 is 10.1 Å². The topological polar surface area (TPSA) is 79.2 Å². The Morgan fingerprint density at radius 2 is 2.04 bits per heavy atom. The lowest BCUT2D eigenvalue weighted by Gasteiger charge is -2.14. The van der Waals surface area contributed by atoms with Gasteiger partial charge in [0.25, 0.3) is 5.91 Å². The first-order valence-electron chi connectivity index (χ1n) is 6.88. The van der Waals surface area contributed by atoms with Crippen molar-refractivity contribution < 1.29 is 18.7 Å². The van der Waals surface area contributed by atoms with E-state index in [4.69, 9.17) is 21.6 Å². The minimum Gasteiger partial charge on any atom is -0.449 e. The van der Waals surface area contributed by atoms with Crippen molar-refractivity contribution in [2.45, 2.75) is 13.0 Å². The molecule has 1 unspecified atom stereocenters. The quantitative estimate of drug-likeness (QED) is 0.859. The molecule has 0 aliphatic heterocycles. The number of carbonyl (C=O) groups excluding carboxylic acids is 2. The van der Waals surface area contributed by atoms with E-state index in [1.807, 2.05) is 6.07 Å². The van der Waals surface area contributed by atoms with Gasteiger partial charge in [-0.05, 0) is 43.3 Å². The molecule has 1 amide bonds. The highest BCUT2D eigenvalue weighted by Gasteiger charge is 2.21. The SMILES string of the molecule is CC(OC(=O)c1cc(Cl)ccc1F)C(=O)Nc1cccc(C#N)c1. The lowest BCUT2D eigenvalue weighted by Crippen LogP contribution is -2.30. The van der Waals surface area contributed by atoms with Gasteiger partial charge in [0.05, 0.1) is 17.2 Å². The number of hydrogen-bond donors (Lipinski definition) is 1. The number of esters is 1. The molecular formula is C17H12ClFN2O3. The highest BCUT2D eigenvalue weighted by atomic mass is 35.5. The summed E-state index contributed by atoms with van der Waals surface area (Å²) in [5, 5.41) is 11.5. The third-order valence-corrected chi connectivity index (χ3v) is 3.30. The zero-order valence-electron chi connectivity index (χ0n) is 12.5. The van der Waals surface area contributed by atoms with E-state index in [1.54, 1.807) is 18.2 Å². The summed E-state index contributed by atoms with van der Waals surface area (Å²) in [6.07, 6.45) is -1.17. The van der Waals surface area contributed by atoms with Crippen LogP contribution in [0.4, 0.5) is 10.1 Å². The number of nitrogens with one attached hydrogen (secondary N) is 1. The van der Waals surface area contributed by atoms with E-state index in [9.17, 15) is 14.0 Å². The molecule has 0 heterocycles. The van der Waals surface area contributed by atoms with Gasteiger partial charge in [0.1, 0.15) is 5.82 Å². The fourth-order valence-electron chi connectivity index (χ4n) is 1.84. The van der Waals surface area contributed by atoms with Gasteiger partial charge in [-0.3, -0.25) is 4.79 Å². The molecule has 2 aromatic rings. The highest BCUT2D eigenvalue weighted by molar-refractivity contribution is 6.30. The van der Waals surface area contributed by atoms with E-state index in [0.717, 1.165) is 12.1 Å². The van der Waals surface area contributed by atoms with Crippen molar-refractivity contribution in [1.29, 1.82) is 5.26 Å². The number of amides is 1. The minimum atomic E-state index is -1.17. The van der Waals surface area contributed by atoms with Crippen molar-refractivity contribution in [3.63, 3.8) is 0 Å². The molecule has 0 aliphatic carbocycles. The Bertz CT molecular complexity index is 833. The molecule has 1 N–H and O–H groups in total. The second-order valence-corrected chi connectivity index (χ2v) is 5.29. The Balaban J connectivity index is 2.04. The van der Waals surface area contributed by atoms with Crippen LogP contribution < -0.4 is 5.32 Å². The summed E-state index contributed by atoms with van der Waals surface area (Å²) < 4.78 is 18.6. The van der Waals surface area contributed by atoms with E-state index < -0.39 is 23.8 Å².